The summed E-state index contributed by atoms with van der Waals surface area (Å²) < 4.78 is 13.8. The van der Waals surface area contributed by atoms with E-state index in [-0.39, 0.29) is 36.6 Å². The Morgan fingerprint density at radius 3 is 2.39 bits per heavy atom. The van der Waals surface area contributed by atoms with E-state index in [1.165, 1.54) is 18.9 Å². The number of phenols is 1. The molecule has 1 atom stereocenters. The first-order valence-electron chi connectivity index (χ1n) is 7.80. The Hall–Kier alpha value is -0.260. The van der Waals surface area contributed by atoms with Gasteiger partial charge in [0.15, 0.2) is 11.6 Å². The van der Waals surface area contributed by atoms with Crippen LogP contribution in [0.3, 0.4) is 0 Å². The molecule has 3 rings (SSSR count). The van der Waals surface area contributed by atoms with Crippen LogP contribution >= 0.6 is 36.4 Å². The van der Waals surface area contributed by atoms with Crippen LogP contribution in [0.25, 0.3) is 0 Å². The van der Waals surface area contributed by atoms with Gasteiger partial charge < -0.3 is 10.4 Å². The van der Waals surface area contributed by atoms with Crippen LogP contribution in [-0.4, -0.2) is 36.2 Å². The van der Waals surface area contributed by atoms with Gasteiger partial charge in [0.05, 0.1) is 0 Å². The number of hydrogen-bond acceptors (Lipinski definition) is 3. The number of nitrogens with zero attached hydrogens (tertiary/aromatic N) is 1. The van der Waals surface area contributed by atoms with Crippen LogP contribution in [0.1, 0.15) is 37.3 Å². The summed E-state index contributed by atoms with van der Waals surface area (Å²) in [6, 6.07) is 2.83. The molecule has 23 heavy (non-hydrogen) atoms. The van der Waals surface area contributed by atoms with Gasteiger partial charge in [-0.25, -0.2) is 4.39 Å². The van der Waals surface area contributed by atoms with E-state index < -0.39 is 5.82 Å². The average Bonchev–Trinajstić information content (AvgIpc) is 3.02. The van der Waals surface area contributed by atoms with Gasteiger partial charge in [-0.3, -0.25) is 4.90 Å². The highest BCUT2D eigenvalue weighted by Gasteiger charge is 2.35. The van der Waals surface area contributed by atoms with Crippen molar-refractivity contribution in [1.82, 2.24) is 10.2 Å². The smallest absolute Gasteiger partial charge is 0.165 e. The number of benzene rings is 1. The largest absolute Gasteiger partial charge is 0.505 e. The van der Waals surface area contributed by atoms with Crippen LogP contribution in [0, 0.1) is 11.7 Å². The van der Waals surface area contributed by atoms with E-state index in [4.69, 9.17) is 11.6 Å². The maximum absolute atomic E-state index is 13.8. The lowest BCUT2D eigenvalue weighted by Gasteiger charge is -2.39. The summed E-state index contributed by atoms with van der Waals surface area (Å²) in [4.78, 5) is 2.35. The molecule has 0 radical (unpaired) electrons. The van der Waals surface area contributed by atoms with Crippen LogP contribution < -0.4 is 5.32 Å². The van der Waals surface area contributed by atoms with E-state index in [2.05, 4.69) is 10.2 Å². The lowest BCUT2D eigenvalue weighted by atomic mass is 9.89. The third kappa shape index (κ3) is 4.43. The number of nitrogens with one attached hydrogen (secondary N) is 1. The molecule has 2 N–H and O–H groups in total. The molecule has 0 aromatic heterocycles. The first kappa shape index (κ1) is 20.8. The number of piperazine rings is 1. The van der Waals surface area contributed by atoms with Crippen LogP contribution in [0.15, 0.2) is 12.1 Å². The number of aromatic hydroxyl groups is 1. The van der Waals surface area contributed by atoms with Crippen molar-refractivity contribution in [3.8, 4) is 5.75 Å². The second-order valence-electron chi connectivity index (χ2n) is 6.07. The van der Waals surface area contributed by atoms with Crippen molar-refractivity contribution < 1.29 is 9.50 Å². The third-order valence-electron chi connectivity index (χ3n) is 4.80. The fourth-order valence-electron chi connectivity index (χ4n) is 3.79. The number of phenolic OH excluding ortho intramolecular Hbond substituents is 1. The van der Waals surface area contributed by atoms with Gasteiger partial charge >= 0.3 is 0 Å². The fourth-order valence-corrected chi connectivity index (χ4v) is 4.05. The summed E-state index contributed by atoms with van der Waals surface area (Å²) >= 11 is 6.32. The zero-order chi connectivity index (χ0) is 14.8. The minimum Gasteiger partial charge on any atom is -0.505 e. The molecule has 3 nitrogen and oxygen atoms in total. The first-order valence-corrected chi connectivity index (χ1v) is 8.18. The fraction of sp³-hybridized carbons (Fsp3) is 0.625. The lowest BCUT2D eigenvalue weighted by molar-refractivity contribution is 0.123. The predicted octanol–water partition coefficient (Wildman–Crippen LogP) is 4.16. The molecule has 1 aromatic carbocycles. The Bertz CT molecular complexity index is 506. The molecule has 1 aromatic rings. The highest BCUT2D eigenvalue weighted by Crippen LogP contribution is 2.45. The standard InChI is InChI=1S/C16H22ClFN2O.2ClH/c17-12-5-6-13(18)16(21)14(12)15(11-3-1-2-4-11)20-9-7-19-8-10-20;;/h5-6,11,15,19,21H,1-4,7-10H2;2*1H/t15-;;/m0../s1. The van der Waals surface area contributed by atoms with E-state index in [1.54, 1.807) is 6.07 Å². The molecule has 0 spiro atoms. The van der Waals surface area contributed by atoms with E-state index in [9.17, 15) is 9.50 Å². The molecular formula is C16H24Cl3FN2O. The molecule has 1 saturated carbocycles. The van der Waals surface area contributed by atoms with Gasteiger partial charge in [0.25, 0.3) is 0 Å². The van der Waals surface area contributed by atoms with Crippen molar-refractivity contribution in [2.24, 2.45) is 5.92 Å². The van der Waals surface area contributed by atoms with E-state index in [1.807, 2.05) is 0 Å². The minimum absolute atomic E-state index is 0. The van der Waals surface area contributed by atoms with Crippen LogP contribution in [0.2, 0.25) is 5.02 Å². The lowest BCUT2D eigenvalue weighted by Crippen LogP contribution is -2.46. The van der Waals surface area contributed by atoms with Gasteiger partial charge in [-0.05, 0) is 30.9 Å². The van der Waals surface area contributed by atoms with Crippen molar-refractivity contribution in [1.29, 1.82) is 0 Å². The van der Waals surface area contributed by atoms with Gasteiger partial charge in [0.2, 0.25) is 0 Å². The summed E-state index contributed by atoms with van der Waals surface area (Å²) in [5.41, 5.74) is 0.588. The van der Waals surface area contributed by atoms with Crippen molar-refractivity contribution >= 4 is 36.4 Å². The second kappa shape index (κ2) is 9.28. The number of rotatable bonds is 3. The Kier molecular flexibility index (Phi) is 8.39. The predicted molar refractivity (Wildman–Crippen MR) is 96.7 cm³/mol. The van der Waals surface area contributed by atoms with E-state index >= 15 is 0 Å². The molecule has 0 bridgehead atoms. The molecule has 132 valence electrons. The maximum atomic E-state index is 13.8. The Morgan fingerprint density at radius 1 is 1.17 bits per heavy atom. The van der Waals surface area contributed by atoms with E-state index in [0.29, 0.717) is 16.5 Å². The maximum Gasteiger partial charge on any atom is 0.165 e. The SMILES string of the molecule is Cl.Cl.Oc1c(F)ccc(Cl)c1[C@H](C1CCCC1)N1CCNCC1. The topological polar surface area (TPSA) is 35.5 Å². The average molecular weight is 386 g/mol. The van der Waals surface area contributed by atoms with Crippen molar-refractivity contribution in [2.75, 3.05) is 26.2 Å². The highest BCUT2D eigenvalue weighted by molar-refractivity contribution is 6.31. The zero-order valence-corrected chi connectivity index (χ0v) is 15.3. The van der Waals surface area contributed by atoms with Gasteiger partial charge in [0, 0.05) is 42.8 Å². The Labute approximate surface area is 154 Å². The summed E-state index contributed by atoms with van der Waals surface area (Å²) in [5, 5.41) is 14.1. The first-order chi connectivity index (χ1) is 10.2. The normalized spacial score (nSPS) is 20.6. The summed E-state index contributed by atoms with van der Waals surface area (Å²) in [7, 11) is 0. The summed E-state index contributed by atoms with van der Waals surface area (Å²) in [5.74, 6) is -0.390. The molecule has 0 unspecified atom stereocenters. The zero-order valence-electron chi connectivity index (χ0n) is 12.9. The summed E-state index contributed by atoms with van der Waals surface area (Å²) in [6.45, 7) is 3.68. The van der Waals surface area contributed by atoms with Crippen LogP contribution in [0.4, 0.5) is 4.39 Å². The van der Waals surface area contributed by atoms with E-state index in [0.717, 1.165) is 39.0 Å². The second-order valence-corrected chi connectivity index (χ2v) is 6.47. The Morgan fingerprint density at radius 2 is 1.78 bits per heavy atom. The highest BCUT2D eigenvalue weighted by atomic mass is 35.5. The summed E-state index contributed by atoms with van der Waals surface area (Å²) in [6.07, 6.45) is 4.67. The minimum atomic E-state index is -0.576. The monoisotopic (exact) mass is 384 g/mol. The molecule has 7 heteroatoms. The molecule has 2 fully saturated rings. The number of hydrogen-bond donors (Lipinski definition) is 2. The van der Waals surface area contributed by atoms with Crippen LogP contribution in [0.5, 0.6) is 5.75 Å². The van der Waals surface area contributed by atoms with Gasteiger partial charge in [-0.15, -0.1) is 24.8 Å². The molecular weight excluding hydrogens is 362 g/mol. The Balaban J connectivity index is 0.00000132. The molecule has 1 saturated heterocycles. The van der Waals surface area contributed by atoms with Gasteiger partial charge in [-0.1, -0.05) is 24.4 Å². The molecule has 2 aliphatic rings. The third-order valence-corrected chi connectivity index (χ3v) is 5.13. The molecule has 1 aliphatic heterocycles. The van der Waals surface area contributed by atoms with Crippen molar-refractivity contribution in [3.05, 3.63) is 28.5 Å². The van der Waals surface area contributed by atoms with Crippen molar-refractivity contribution in [2.45, 2.75) is 31.7 Å². The molecule has 1 aliphatic carbocycles. The quantitative estimate of drug-likeness (QED) is 0.820. The van der Waals surface area contributed by atoms with Gasteiger partial charge in [0.1, 0.15) is 0 Å². The van der Waals surface area contributed by atoms with Crippen molar-refractivity contribution in [3.63, 3.8) is 0 Å². The molecule has 0 amide bonds. The number of halogens is 4. The molecule has 1 heterocycles. The van der Waals surface area contributed by atoms with Gasteiger partial charge in [-0.2, -0.15) is 0 Å². The van der Waals surface area contributed by atoms with Crippen LogP contribution in [-0.2, 0) is 0 Å².